The Kier molecular flexibility index (Phi) is 4.38. The van der Waals surface area contributed by atoms with Crippen molar-refractivity contribution in [2.24, 2.45) is 0 Å². The van der Waals surface area contributed by atoms with Gasteiger partial charge in [0, 0.05) is 24.3 Å². The van der Waals surface area contributed by atoms with Crippen molar-refractivity contribution >= 4 is 28.7 Å². The molecular formula is C15H10N4O8. The lowest BCUT2D eigenvalue weighted by Gasteiger charge is -2.29. The number of rotatable bonds is 4. The van der Waals surface area contributed by atoms with Crippen molar-refractivity contribution in [1.82, 2.24) is 0 Å². The number of nitro benzene ring substituents is 3. The van der Waals surface area contributed by atoms with Gasteiger partial charge in [-0.2, -0.15) is 0 Å². The third kappa shape index (κ3) is 3.35. The Morgan fingerprint density at radius 2 is 1.48 bits per heavy atom. The van der Waals surface area contributed by atoms with Gasteiger partial charge in [-0.05, 0) is 6.07 Å². The molecule has 1 heterocycles. The summed E-state index contributed by atoms with van der Waals surface area (Å²) in [6.45, 7) is 0.108. The van der Waals surface area contributed by atoms with Crippen LogP contribution in [0.15, 0.2) is 36.4 Å². The molecule has 0 bridgehead atoms. The molecule has 12 nitrogen and oxygen atoms in total. The van der Waals surface area contributed by atoms with Crippen LogP contribution in [0.5, 0.6) is 5.75 Å². The maximum atomic E-state index is 12.8. The van der Waals surface area contributed by atoms with Crippen LogP contribution in [0.4, 0.5) is 22.7 Å². The lowest BCUT2D eigenvalue weighted by atomic mass is 10.1. The normalized spacial score (nSPS) is 12.7. The number of anilines is 1. The molecular weight excluding hydrogens is 364 g/mol. The highest BCUT2D eigenvalue weighted by atomic mass is 16.6. The van der Waals surface area contributed by atoms with E-state index in [2.05, 4.69) is 0 Å². The van der Waals surface area contributed by atoms with Gasteiger partial charge >= 0.3 is 0 Å². The van der Waals surface area contributed by atoms with Crippen LogP contribution in [-0.4, -0.2) is 33.8 Å². The maximum Gasteiger partial charge on any atom is 0.277 e. The first-order valence-corrected chi connectivity index (χ1v) is 7.45. The molecule has 0 saturated carbocycles. The molecule has 3 rings (SSSR count). The molecule has 0 aliphatic carbocycles. The van der Waals surface area contributed by atoms with E-state index in [1.165, 1.54) is 12.1 Å². The number of benzene rings is 2. The Hall–Kier alpha value is -4.09. The monoisotopic (exact) mass is 374 g/mol. The predicted molar refractivity (Wildman–Crippen MR) is 90.0 cm³/mol. The van der Waals surface area contributed by atoms with Crippen LogP contribution in [0.25, 0.3) is 0 Å². The molecule has 0 radical (unpaired) electrons. The Balaban J connectivity index is 2.08. The van der Waals surface area contributed by atoms with E-state index < -0.39 is 32.1 Å². The number of hydrogen-bond acceptors (Lipinski definition) is 8. The van der Waals surface area contributed by atoms with Crippen LogP contribution in [0.1, 0.15) is 10.4 Å². The molecule has 0 fully saturated rings. The van der Waals surface area contributed by atoms with Gasteiger partial charge in [0.25, 0.3) is 23.0 Å². The van der Waals surface area contributed by atoms with E-state index in [9.17, 15) is 35.1 Å². The van der Waals surface area contributed by atoms with E-state index in [1.54, 1.807) is 0 Å². The van der Waals surface area contributed by atoms with Crippen molar-refractivity contribution in [2.45, 2.75) is 0 Å². The fourth-order valence-electron chi connectivity index (χ4n) is 2.62. The van der Waals surface area contributed by atoms with Crippen molar-refractivity contribution in [3.05, 3.63) is 72.3 Å². The van der Waals surface area contributed by atoms with Gasteiger partial charge in [0.1, 0.15) is 12.4 Å². The van der Waals surface area contributed by atoms with Crippen LogP contribution >= 0.6 is 0 Å². The van der Waals surface area contributed by atoms with Crippen LogP contribution in [0.2, 0.25) is 0 Å². The minimum Gasteiger partial charge on any atom is -0.490 e. The number of carbonyl (C=O) groups excluding carboxylic acids is 1. The number of amides is 1. The first-order chi connectivity index (χ1) is 12.8. The third-order valence-electron chi connectivity index (χ3n) is 3.83. The fraction of sp³-hybridized carbons (Fsp3) is 0.133. The Morgan fingerprint density at radius 3 is 2.04 bits per heavy atom. The van der Waals surface area contributed by atoms with Crippen molar-refractivity contribution in [3.8, 4) is 5.75 Å². The first kappa shape index (κ1) is 17.7. The number of hydrogen-bond donors (Lipinski definition) is 0. The lowest BCUT2D eigenvalue weighted by Crippen LogP contribution is -2.38. The van der Waals surface area contributed by atoms with Gasteiger partial charge in [-0.3, -0.25) is 35.1 Å². The molecule has 0 spiro atoms. The van der Waals surface area contributed by atoms with E-state index in [4.69, 9.17) is 4.74 Å². The predicted octanol–water partition coefficient (Wildman–Crippen LogP) is 2.45. The highest BCUT2D eigenvalue weighted by Crippen LogP contribution is 2.36. The van der Waals surface area contributed by atoms with Crippen molar-refractivity contribution in [3.63, 3.8) is 0 Å². The largest absolute Gasteiger partial charge is 0.490 e. The first-order valence-electron chi connectivity index (χ1n) is 7.45. The molecule has 2 aromatic rings. The molecule has 0 atom stereocenters. The summed E-state index contributed by atoms with van der Waals surface area (Å²) in [7, 11) is 0. The minimum atomic E-state index is -0.845. The van der Waals surface area contributed by atoms with Gasteiger partial charge in [-0.1, -0.05) is 0 Å². The number of nitrogens with zero attached hydrogens (tertiary/aromatic N) is 4. The third-order valence-corrected chi connectivity index (χ3v) is 3.83. The second-order valence-corrected chi connectivity index (χ2v) is 5.47. The molecule has 12 heteroatoms. The van der Waals surface area contributed by atoms with Gasteiger partial charge < -0.3 is 9.64 Å². The number of fused-ring (bicyclic) bond motifs is 1. The second-order valence-electron chi connectivity index (χ2n) is 5.47. The number of nitro groups is 3. The molecule has 138 valence electrons. The average molecular weight is 374 g/mol. The van der Waals surface area contributed by atoms with Crippen LogP contribution in [0.3, 0.4) is 0 Å². The highest BCUT2D eigenvalue weighted by molar-refractivity contribution is 6.08. The lowest BCUT2D eigenvalue weighted by molar-refractivity contribution is -0.394. The molecule has 0 unspecified atom stereocenters. The summed E-state index contributed by atoms with van der Waals surface area (Å²) in [5.74, 6) is -0.549. The summed E-state index contributed by atoms with van der Waals surface area (Å²) < 4.78 is 5.37. The Morgan fingerprint density at radius 1 is 0.889 bits per heavy atom. The molecule has 0 saturated heterocycles. The zero-order valence-electron chi connectivity index (χ0n) is 13.4. The van der Waals surface area contributed by atoms with Gasteiger partial charge in [-0.25, -0.2) is 0 Å². The SMILES string of the molecule is O=C(c1cc([N+](=O)[O-])cc([N+](=O)[O-])c1)N1CCOc2ccc([N+](=O)[O-])cc21. The summed E-state index contributed by atoms with van der Waals surface area (Å²) in [5.41, 5.74) is -1.67. The van der Waals surface area contributed by atoms with Crippen LogP contribution < -0.4 is 9.64 Å². The Bertz CT molecular complexity index is 958. The summed E-state index contributed by atoms with van der Waals surface area (Å²) in [6.07, 6.45) is 0. The van der Waals surface area contributed by atoms with Gasteiger partial charge in [-0.15, -0.1) is 0 Å². The van der Waals surface area contributed by atoms with Gasteiger partial charge in [0.05, 0.1) is 38.6 Å². The molecule has 2 aromatic carbocycles. The molecule has 27 heavy (non-hydrogen) atoms. The zero-order chi connectivity index (χ0) is 19.7. The number of ether oxygens (including phenoxy) is 1. The van der Waals surface area contributed by atoms with Crippen molar-refractivity contribution < 1.29 is 24.3 Å². The van der Waals surface area contributed by atoms with Crippen LogP contribution in [-0.2, 0) is 0 Å². The van der Waals surface area contributed by atoms with Gasteiger partial charge in [0.15, 0.2) is 0 Å². The maximum absolute atomic E-state index is 12.8. The van der Waals surface area contributed by atoms with Crippen molar-refractivity contribution in [2.75, 3.05) is 18.1 Å². The average Bonchev–Trinajstić information content (AvgIpc) is 2.65. The van der Waals surface area contributed by atoms with Crippen molar-refractivity contribution in [1.29, 1.82) is 0 Å². The molecule has 0 N–H and O–H groups in total. The van der Waals surface area contributed by atoms with E-state index in [0.29, 0.717) is 0 Å². The van der Waals surface area contributed by atoms with E-state index in [-0.39, 0.29) is 35.8 Å². The summed E-state index contributed by atoms with van der Waals surface area (Å²) >= 11 is 0. The summed E-state index contributed by atoms with van der Waals surface area (Å²) in [6, 6.07) is 6.27. The van der Waals surface area contributed by atoms with E-state index >= 15 is 0 Å². The standard InChI is InChI=1S/C15H10N4O8/c20-15(9-5-11(18(23)24)7-12(6-9)19(25)26)16-3-4-27-14-2-1-10(17(21)22)8-13(14)16/h1-2,5-8H,3-4H2. The highest BCUT2D eigenvalue weighted by Gasteiger charge is 2.29. The van der Waals surface area contributed by atoms with E-state index in [1.807, 2.05) is 0 Å². The minimum absolute atomic E-state index is 0.0174. The topological polar surface area (TPSA) is 159 Å². The van der Waals surface area contributed by atoms with Gasteiger partial charge in [0.2, 0.25) is 0 Å². The Labute approximate surface area is 150 Å². The summed E-state index contributed by atoms with van der Waals surface area (Å²) in [5, 5.41) is 33.0. The smallest absolute Gasteiger partial charge is 0.277 e. The quantitative estimate of drug-likeness (QED) is 0.582. The molecule has 1 aliphatic heterocycles. The molecule has 1 amide bonds. The summed E-state index contributed by atoms with van der Waals surface area (Å²) in [4.78, 5) is 44.6. The van der Waals surface area contributed by atoms with Crippen LogP contribution in [0, 0.1) is 30.3 Å². The molecule has 0 aromatic heterocycles. The zero-order valence-corrected chi connectivity index (χ0v) is 13.4. The number of non-ortho nitro benzene ring substituents is 3. The second kappa shape index (κ2) is 6.67. The number of carbonyl (C=O) groups is 1. The fourth-order valence-corrected chi connectivity index (χ4v) is 2.62. The van der Waals surface area contributed by atoms with E-state index in [0.717, 1.165) is 29.2 Å². The molecule has 1 aliphatic rings.